The Morgan fingerprint density at radius 2 is 1.53 bits per heavy atom. The third kappa shape index (κ3) is 7.13. The summed E-state index contributed by atoms with van der Waals surface area (Å²) in [7, 11) is 6.02. The molecular weight excluding hydrogens is 440 g/mol. The molecule has 0 atom stereocenters. The number of anilines is 1. The maximum Gasteiger partial charge on any atom is 0.306 e. The van der Waals surface area contributed by atoms with Gasteiger partial charge in [0.2, 0.25) is 11.7 Å². The van der Waals surface area contributed by atoms with Crippen LogP contribution in [-0.4, -0.2) is 64.2 Å². The van der Waals surface area contributed by atoms with E-state index in [2.05, 4.69) is 5.32 Å². The number of rotatable bonds is 11. The molecule has 2 amide bonds. The lowest BCUT2D eigenvalue weighted by molar-refractivity contribution is -0.151. The van der Waals surface area contributed by atoms with Crippen LogP contribution in [0, 0.1) is 13.8 Å². The van der Waals surface area contributed by atoms with E-state index < -0.39 is 18.5 Å². The lowest BCUT2D eigenvalue weighted by Gasteiger charge is -2.18. The Morgan fingerprint density at radius 3 is 2.06 bits per heavy atom. The van der Waals surface area contributed by atoms with Gasteiger partial charge in [0, 0.05) is 19.2 Å². The number of hydrogen-bond donors (Lipinski definition) is 1. The molecule has 2 aromatic carbocycles. The number of methoxy groups -OCH3 is 3. The molecule has 0 fully saturated rings. The highest BCUT2D eigenvalue weighted by Gasteiger charge is 2.17. The van der Waals surface area contributed by atoms with Crippen molar-refractivity contribution >= 4 is 23.5 Å². The summed E-state index contributed by atoms with van der Waals surface area (Å²) in [4.78, 5) is 38.0. The largest absolute Gasteiger partial charge is 0.493 e. The van der Waals surface area contributed by atoms with Crippen molar-refractivity contribution in [2.45, 2.75) is 26.7 Å². The van der Waals surface area contributed by atoms with Gasteiger partial charge in [-0.15, -0.1) is 0 Å². The molecule has 0 radical (unpaired) electrons. The number of hydrogen-bond acceptors (Lipinski definition) is 7. The number of nitrogens with one attached hydrogen (secondary N) is 1. The van der Waals surface area contributed by atoms with Gasteiger partial charge in [0.15, 0.2) is 18.1 Å². The van der Waals surface area contributed by atoms with Gasteiger partial charge in [-0.1, -0.05) is 18.2 Å². The van der Waals surface area contributed by atoms with Crippen molar-refractivity contribution in [2.24, 2.45) is 0 Å². The summed E-state index contributed by atoms with van der Waals surface area (Å²) in [6.45, 7) is 3.20. The topological polar surface area (TPSA) is 103 Å². The number of benzene rings is 2. The van der Waals surface area contributed by atoms with Gasteiger partial charge in [-0.05, 0) is 49.1 Å². The first kappa shape index (κ1) is 26.5. The highest BCUT2D eigenvalue weighted by molar-refractivity contribution is 5.96. The second-order valence-electron chi connectivity index (χ2n) is 7.76. The smallest absolute Gasteiger partial charge is 0.306 e. The first-order valence-corrected chi connectivity index (χ1v) is 10.7. The number of carbonyl (C=O) groups is 3. The Bertz CT molecular complexity index is 991. The molecule has 0 aliphatic rings. The van der Waals surface area contributed by atoms with Gasteiger partial charge in [0.1, 0.15) is 0 Å². The van der Waals surface area contributed by atoms with Crippen LogP contribution in [0.5, 0.6) is 17.2 Å². The van der Waals surface area contributed by atoms with Crippen LogP contribution in [0.4, 0.5) is 5.69 Å². The number of carbonyl (C=O) groups excluding carboxylic acids is 3. The first-order valence-electron chi connectivity index (χ1n) is 10.7. The summed E-state index contributed by atoms with van der Waals surface area (Å²) < 4.78 is 21.0. The minimum Gasteiger partial charge on any atom is -0.493 e. The molecule has 184 valence electrons. The summed E-state index contributed by atoms with van der Waals surface area (Å²) in [5.41, 5.74) is 3.39. The Morgan fingerprint density at radius 1 is 0.941 bits per heavy atom. The van der Waals surface area contributed by atoms with Gasteiger partial charge >= 0.3 is 5.97 Å². The number of para-hydroxylation sites is 1. The van der Waals surface area contributed by atoms with Crippen LogP contribution >= 0.6 is 0 Å². The van der Waals surface area contributed by atoms with Crippen LogP contribution in [0.25, 0.3) is 0 Å². The Kier molecular flexibility index (Phi) is 9.73. The Balaban J connectivity index is 1.83. The average Bonchev–Trinajstić information content (AvgIpc) is 2.82. The van der Waals surface area contributed by atoms with Crippen molar-refractivity contribution in [3.63, 3.8) is 0 Å². The van der Waals surface area contributed by atoms with E-state index in [1.807, 2.05) is 32.0 Å². The number of ether oxygens (including phenoxy) is 4. The Hall–Kier alpha value is -3.75. The van der Waals surface area contributed by atoms with Gasteiger partial charge in [0.05, 0.1) is 27.9 Å². The fourth-order valence-corrected chi connectivity index (χ4v) is 3.34. The van der Waals surface area contributed by atoms with E-state index in [9.17, 15) is 14.4 Å². The van der Waals surface area contributed by atoms with Crippen molar-refractivity contribution < 1.29 is 33.3 Å². The minimum atomic E-state index is -0.532. The highest BCUT2D eigenvalue weighted by Crippen LogP contribution is 2.38. The van der Waals surface area contributed by atoms with Crippen LogP contribution in [-0.2, 0) is 25.5 Å². The van der Waals surface area contributed by atoms with E-state index >= 15 is 0 Å². The summed E-state index contributed by atoms with van der Waals surface area (Å²) in [6, 6.07) is 9.21. The number of esters is 1. The molecule has 0 spiro atoms. The third-order valence-corrected chi connectivity index (χ3v) is 5.25. The molecule has 0 aromatic heterocycles. The van der Waals surface area contributed by atoms with Gasteiger partial charge in [-0.25, -0.2) is 0 Å². The fraction of sp³-hybridized carbons (Fsp3) is 0.400. The fourth-order valence-electron chi connectivity index (χ4n) is 3.34. The van der Waals surface area contributed by atoms with E-state index in [0.29, 0.717) is 23.7 Å². The molecule has 2 rings (SSSR count). The first-order chi connectivity index (χ1) is 16.2. The molecule has 1 N–H and O–H groups in total. The zero-order valence-electron chi connectivity index (χ0n) is 20.5. The number of amides is 2. The summed E-state index contributed by atoms with van der Waals surface area (Å²) in [6.07, 6.45) is 0.417. The molecular formula is C25H32N2O7. The predicted octanol–water partition coefficient (Wildman–Crippen LogP) is 2.90. The minimum absolute atomic E-state index is 0.0582. The van der Waals surface area contributed by atoms with E-state index in [4.69, 9.17) is 18.9 Å². The van der Waals surface area contributed by atoms with Crippen molar-refractivity contribution in [3.8, 4) is 17.2 Å². The van der Waals surface area contributed by atoms with Crippen LogP contribution < -0.4 is 19.5 Å². The molecule has 0 bridgehead atoms. The van der Waals surface area contributed by atoms with E-state index in [1.54, 1.807) is 12.1 Å². The van der Waals surface area contributed by atoms with E-state index in [-0.39, 0.29) is 18.9 Å². The van der Waals surface area contributed by atoms with E-state index in [0.717, 1.165) is 22.4 Å². The molecule has 34 heavy (non-hydrogen) atoms. The molecule has 0 aliphatic heterocycles. The molecule has 0 unspecified atom stereocenters. The molecule has 9 nitrogen and oxygen atoms in total. The average molecular weight is 473 g/mol. The zero-order valence-corrected chi connectivity index (χ0v) is 20.5. The quantitative estimate of drug-likeness (QED) is 0.502. The highest BCUT2D eigenvalue weighted by atomic mass is 16.5. The van der Waals surface area contributed by atoms with Crippen molar-refractivity contribution in [1.82, 2.24) is 4.90 Å². The number of likely N-dealkylation sites (N-methyl/N-ethyl adjacent to an activating group) is 1. The molecule has 0 heterocycles. The number of nitrogens with zero attached hydrogens (tertiary/aromatic N) is 1. The second-order valence-corrected chi connectivity index (χ2v) is 7.76. The van der Waals surface area contributed by atoms with Crippen LogP contribution in [0.3, 0.4) is 0 Å². The van der Waals surface area contributed by atoms with Crippen molar-refractivity contribution in [1.29, 1.82) is 0 Å². The second kappa shape index (κ2) is 12.5. The molecule has 0 saturated heterocycles. The lowest BCUT2D eigenvalue weighted by atomic mass is 10.1. The van der Waals surface area contributed by atoms with E-state index in [1.165, 1.54) is 33.3 Å². The van der Waals surface area contributed by atoms with Gasteiger partial charge in [-0.3, -0.25) is 14.4 Å². The van der Waals surface area contributed by atoms with Crippen molar-refractivity contribution in [2.75, 3.05) is 46.8 Å². The molecule has 0 aliphatic carbocycles. The monoisotopic (exact) mass is 472 g/mol. The molecule has 9 heteroatoms. The summed E-state index contributed by atoms with van der Waals surface area (Å²) >= 11 is 0. The van der Waals surface area contributed by atoms with Crippen LogP contribution in [0.2, 0.25) is 0 Å². The van der Waals surface area contributed by atoms with Gasteiger partial charge in [-0.2, -0.15) is 0 Å². The van der Waals surface area contributed by atoms with Gasteiger partial charge < -0.3 is 29.2 Å². The standard InChI is InChI=1S/C25H32N2O7/c1-16-8-7-9-17(2)24(16)26-21(28)14-27(3)22(29)15-34-23(30)11-10-18-12-19(31-4)25(33-6)20(13-18)32-5/h7-9,12-13H,10-11,14-15H2,1-6H3,(H,26,28). The molecule has 0 saturated carbocycles. The maximum absolute atomic E-state index is 12.3. The molecule has 2 aromatic rings. The SMILES string of the molecule is COc1cc(CCC(=O)OCC(=O)N(C)CC(=O)Nc2c(C)cccc2C)cc(OC)c1OC. The third-order valence-electron chi connectivity index (χ3n) is 5.25. The lowest BCUT2D eigenvalue weighted by Crippen LogP contribution is -2.37. The summed E-state index contributed by atoms with van der Waals surface area (Å²) in [5.74, 6) is 0.101. The van der Waals surface area contributed by atoms with Crippen molar-refractivity contribution in [3.05, 3.63) is 47.0 Å². The summed E-state index contributed by atoms with van der Waals surface area (Å²) in [5, 5.41) is 2.82. The van der Waals surface area contributed by atoms with Crippen LogP contribution in [0.15, 0.2) is 30.3 Å². The zero-order chi connectivity index (χ0) is 25.3. The predicted molar refractivity (Wildman–Crippen MR) is 128 cm³/mol. The maximum atomic E-state index is 12.3. The Labute approximate surface area is 199 Å². The van der Waals surface area contributed by atoms with Gasteiger partial charge in [0.25, 0.3) is 5.91 Å². The van der Waals surface area contributed by atoms with Crippen LogP contribution in [0.1, 0.15) is 23.1 Å². The number of aryl methyl sites for hydroxylation is 3. The normalized spacial score (nSPS) is 10.3.